The van der Waals surface area contributed by atoms with Gasteiger partial charge in [0.1, 0.15) is 0 Å². The Hall–Kier alpha value is -3.12. The molecule has 1 N–H and O–H groups in total. The van der Waals surface area contributed by atoms with Crippen molar-refractivity contribution in [2.45, 2.75) is 6.92 Å². The van der Waals surface area contributed by atoms with Gasteiger partial charge in [0.05, 0.1) is 5.02 Å². The smallest absolute Gasteiger partial charge is 0.418 e. The normalized spacial score (nSPS) is 11.0. The molecule has 0 spiro atoms. The van der Waals surface area contributed by atoms with Crippen LogP contribution in [0.5, 0.6) is 6.08 Å². The van der Waals surface area contributed by atoms with Crippen LogP contribution < -0.4 is 4.74 Å². The Morgan fingerprint density at radius 1 is 1.19 bits per heavy atom. The van der Waals surface area contributed by atoms with E-state index < -0.39 is 0 Å². The van der Waals surface area contributed by atoms with Gasteiger partial charge < -0.3 is 9.72 Å². The minimum absolute atomic E-state index is 0.0780. The largest absolute Gasteiger partial charge is 0.440 e. The molecular formula is C19H14ClN3O3. The number of benzene rings is 2. The Labute approximate surface area is 153 Å². The van der Waals surface area contributed by atoms with Crippen molar-refractivity contribution in [1.29, 1.82) is 0 Å². The molecule has 0 bridgehead atoms. The number of ether oxygens (including phenoxy) is 1. The molecule has 0 atom stereocenters. The number of aryl methyl sites for hydroxylation is 1. The van der Waals surface area contributed by atoms with Crippen molar-refractivity contribution in [2.75, 3.05) is 6.61 Å². The number of hydrogen-bond acceptors (Lipinski definition) is 5. The van der Waals surface area contributed by atoms with Gasteiger partial charge in [0.15, 0.2) is 6.61 Å². The van der Waals surface area contributed by atoms with E-state index in [-0.39, 0.29) is 18.5 Å². The lowest BCUT2D eigenvalue weighted by Gasteiger charge is -2.01. The van der Waals surface area contributed by atoms with Crippen LogP contribution in [0.1, 0.15) is 16.1 Å². The molecule has 0 aliphatic carbocycles. The number of ketones is 1. The summed E-state index contributed by atoms with van der Waals surface area (Å²) in [5.41, 5.74) is 2.94. The molecule has 2 aromatic heterocycles. The maximum atomic E-state index is 12.6. The predicted molar refractivity (Wildman–Crippen MR) is 97.6 cm³/mol. The second-order valence-corrected chi connectivity index (χ2v) is 6.15. The first kappa shape index (κ1) is 16.4. The SMILES string of the molecule is Cc1[nH]c2ccccc2c1C(=O)COc1nc(-c2ccccc2Cl)no1. The van der Waals surface area contributed by atoms with Crippen molar-refractivity contribution in [3.63, 3.8) is 0 Å². The maximum absolute atomic E-state index is 12.6. The fraction of sp³-hybridized carbons (Fsp3) is 0.105. The van der Waals surface area contributed by atoms with E-state index >= 15 is 0 Å². The van der Waals surface area contributed by atoms with Crippen molar-refractivity contribution < 1.29 is 14.1 Å². The summed E-state index contributed by atoms with van der Waals surface area (Å²) in [5, 5.41) is 5.21. The number of aromatic nitrogens is 3. The van der Waals surface area contributed by atoms with E-state index in [4.69, 9.17) is 20.9 Å². The molecule has 0 amide bonds. The van der Waals surface area contributed by atoms with Crippen molar-refractivity contribution in [3.05, 3.63) is 64.8 Å². The number of nitrogens with one attached hydrogen (secondary N) is 1. The van der Waals surface area contributed by atoms with Gasteiger partial charge in [0.25, 0.3) is 0 Å². The standard InChI is InChI=1S/C19H14ClN3O3/c1-11-17(13-7-3-5-9-15(13)21-11)16(24)10-25-19-22-18(23-26-19)12-6-2-4-8-14(12)20/h2-9,21H,10H2,1H3. The van der Waals surface area contributed by atoms with E-state index in [1.165, 1.54) is 0 Å². The molecule has 0 fully saturated rings. The number of nitrogens with zero attached hydrogens (tertiary/aromatic N) is 2. The number of hydrogen-bond donors (Lipinski definition) is 1. The van der Waals surface area contributed by atoms with E-state index in [0.29, 0.717) is 22.0 Å². The van der Waals surface area contributed by atoms with Gasteiger partial charge in [-0.1, -0.05) is 47.1 Å². The predicted octanol–water partition coefficient (Wildman–Crippen LogP) is 4.44. The highest BCUT2D eigenvalue weighted by Crippen LogP contribution is 2.27. The zero-order valence-electron chi connectivity index (χ0n) is 13.8. The van der Waals surface area contributed by atoms with Gasteiger partial charge in [-0.3, -0.25) is 9.32 Å². The van der Waals surface area contributed by atoms with Crippen LogP contribution in [0.2, 0.25) is 5.02 Å². The van der Waals surface area contributed by atoms with Gasteiger partial charge in [0.2, 0.25) is 11.6 Å². The zero-order chi connectivity index (χ0) is 18.1. The van der Waals surface area contributed by atoms with Crippen molar-refractivity contribution in [3.8, 4) is 17.5 Å². The van der Waals surface area contributed by atoms with Crippen LogP contribution in [-0.4, -0.2) is 27.5 Å². The number of halogens is 1. The number of H-pyrrole nitrogens is 1. The Morgan fingerprint density at radius 3 is 2.81 bits per heavy atom. The molecular weight excluding hydrogens is 354 g/mol. The molecule has 2 aromatic carbocycles. The van der Waals surface area contributed by atoms with E-state index in [1.54, 1.807) is 12.1 Å². The minimum atomic E-state index is -0.202. The number of Topliss-reactive ketones (excluding diaryl/α,β-unsaturated/α-hetero) is 1. The first-order valence-corrected chi connectivity index (χ1v) is 8.33. The van der Waals surface area contributed by atoms with Crippen LogP contribution in [0, 0.1) is 6.92 Å². The molecule has 0 saturated carbocycles. The number of carbonyl (C=O) groups excluding carboxylic acids is 1. The lowest BCUT2D eigenvalue weighted by atomic mass is 10.1. The van der Waals surface area contributed by atoms with Crippen LogP contribution >= 0.6 is 11.6 Å². The monoisotopic (exact) mass is 367 g/mol. The molecule has 7 heteroatoms. The molecule has 130 valence electrons. The summed E-state index contributed by atoms with van der Waals surface area (Å²) in [7, 11) is 0. The van der Waals surface area contributed by atoms with Gasteiger partial charge in [-0.05, 0) is 25.1 Å². The molecule has 0 aliphatic rings. The van der Waals surface area contributed by atoms with Gasteiger partial charge in [-0.15, -0.1) is 0 Å². The molecule has 0 aliphatic heterocycles. The molecule has 0 saturated heterocycles. The molecule has 0 unspecified atom stereocenters. The molecule has 0 radical (unpaired) electrons. The summed E-state index contributed by atoms with van der Waals surface area (Å²) in [6, 6.07) is 14.8. The van der Waals surface area contributed by atoms with Crippen molar-refractivity contribution in [1.82, 2.24) is 15.1 Å². The molecule has 2 heterocycles. The molecule has 26 heavy (non-hydrogen) atoms. The fourth-order valence-corrected chi connectivity index (χ4v) is 3.08. The zero-order valence-corrected chi connectivity index (χ0v) is 14.6. The average molecular weight is 368 g/mol. The second kappa shape index (κ2) is 6.65. The van der Waals surface area contributed by atoms with E-state index in [0.717, 1.165) is 16.6 Å². The van der Waals surface area contributed by atoms with E-state index in [2.05, 4.69) is 15.1 Å². The maximum Gasteiger partial charge on any atom is 0.418 e. The average Bonchev–Trinajstić information content (AvgIpc) is 3.23. The number of rotatable bonds is 5. The van der Waals surface area contributed by atoms with Crippen LogP contribution in [0.4, 0.5) is 0 Å². The van der Waals surface area contributed by atoms with E-state index in [1.807, 2.05) is 43.3 Å². The molecule has 6 nitrogen and oxygen atoms in total. The first-order valence-electron chi connectivity index (χ1n) is 7.95. The van der Waals surface area contributed by atoms with Gasteiger partial charge in [-0.25, -0.2) is 0 Å². The summed E-state index contributed by atoms with van der Waals surface area (Å²) < 4.78 is 10.4. The third-order valence-corrected chi connectivity index (χ3v) is 4.35. The minimum Gasteiger partial charge on any atom is -0.440 e. The Balaban J connectivity index is 1.52. The third-order valence-electron chi connectivity index (χ3n) is 4.02. The fourth-order valence-electron chi connectivity index (χ4n) is 2.86. The Morgan fingerprint density at radius 2 is 1.96 bits per heavy atom. The van der Waals surface area contributed by atoms with Crippen LogP contribution in [0.25, 0.3) is 22.3 Å². The van der Waals surface area contributed by atoms with Crippen LogP contribution in [0.3, 0.4) is 0 Å². The molecule has 4 aromatic rings. The number of fused-ring (bicyclic) bond motifs is 1. The van der Waals surface area contributed by atoms with Crippen molar-refractivity contribution in [2.24, 2.45) is 0 Å². The third kappa shape index (κ3) is 2.95. The van der Waals surface area contributed by atoms with Gasteiger partial charge in [-0.2, -0.15) is 4.98 Å². The first-order chi connectivity index (χ1) is 12.6. The Kier molecular flexibility index (Phi) is 4.18. The summed E-state index contributed by atoms with van der Waals surface area (Å²) in [6.07, 6.45) is -0.0780. The highest BCUT2D eigenvalue weighted by Gasteiger charge is 2.18. The lowest BCUT2D eigenvalue weighted by Crippen LogP contribution is -2.12. The second-order valence-electron chi connectivity index (χ2n) is 5.75. The van der Waals surface area contributed by atoms with Gasteiger partial charge >= 0.3 is 6.08 Å². The van der Waals surface area contributed by atoms with Crippen LogP contribution in [-0.2, 0) is 0 Å². The summed E-state index contributed by atoms with van der Waals surface area (Å²) in [4.78, 5) is 19.9. The lowest BCUT2D eigenvalue weighted by molar-refractivity contribution is 0.0885. The topological polar surface area (TPSA) is 81.0 Å². The van der Waals surface area contributed by atoms with E-state index in [9.17, 15) is 4.79 Å². The molecule has 4 rings (SSSR count). The summed E-state index contributed by atoms with van der Waals surface area (Å²) in [5.74, 6) is 0.138. The summed E-state index contributed by atoms with van der Waals surface area (Å²) >= 11 is 6.12. The Bertz CT molecular complexity index is 1100. The quantitative estimate of drug-likeness (QED) is 0.527. The highest BCUT2D eigenvalue weighted by molar-refractivity contribution is 6.33. The highest BCUT2D eigenvalue weighted by atomic mass is 35.5. The van der Waals surface area contributed by atoms with Gasteiger partial charge in [0, 0.05) is 27.7 Å². The number of para-hydroxylation sites is 1. The van der Waals surface area contributed by atoms with Crippen LogP contribution in [0.15, 0.2) is 53.1 Å². The number of aromatic amines is 1. The number of carbonyl (C=O) groups is 1. The summed E-state index contributed by atoms with van der Waals surface area (Å²) in [6.45, 7) is 1.66. The van der Waals surface area contributed by atoms with Crippen molar-refractivity contribution >= 4 is 28.3 Å².